The van der Waals surface area contributed by atoms with E-state index in [0.717, 1.165) is 12.8 Å². The van der Waals surface area contributed by atoms with E-state index in [2.05, 4.69) is 5.32 Å². The lowest BCUT2D eigenvalue weighted by molar-refractivity contribution is -0.137. The number of hydrogen-bond donors (Lipinski definition) is 2. The van der Waals surface area contributed by atoms with E-state index >= 15 is 0 Å². The van der Waals surface area contributed by atoms with Crippen molar-refractivity contribution >= 4 is 5.91 Å². The molecule has 0 spiro atoms. The molecule has 1 heterocycles. The molecule has 1 saturated heterocycles. The van der Waals surface area contributed by atoms with Gasteiger partial charge in [0.1, 0.15) is 0 Å². The Morgan fingerprint density at radius 1 is 1.44 bits per heavy atom. The summed E-state index contributed by atoms with van der Waals surface area (Å²) in [7, 11) is 0. The minimum atomic E-state index is -4.16. The number of carbonyl (C=O) groups excluding carboxylic acids is 1. The van der Waals surface area contributed by atoms with Crippen LogP contribution >= 0.6 is 0 Å². The summed E-state index contributed by atoms with van der Waals surface area (Å²) >= 11 is 0. The Labute approximate surface area is 90.6 Å². The third kappa shape index (κ3) is 3.62. The lowest BCUT2D eigenvalue weighted by Gasteiger charge is -2.23. The SMILES string of the molecule is O=C(NCC(F)(F)C(F)F)[C@@H]1CCCCN1. The maximum atomic E-state index is 12.5. The van der Waals surface area contributed by atoms with Gasteiger partial charge in [-0.1, -0.05) is 6.42 Å². The molecule has 0 radical (unpaired) electrons. The normalized spacial score (nSPS) is 22.2. The number of nitrogens with one attached hydrogen (secondary N) is 2. The zero-order chi connectivity index (χ0) is 12.2. The van der Waals surface area contributed by atoms with Crippen molar-refractivity contribution in [3.05, 3.63) is 0 Å². The summed E-state index contributed by atoms with van der Waals surface area (Å²) in [6, 6.07) is -0.540. The molecule has 1 aliphatic heterocycles. The summed E-state index contributed by atoms with van der Waals surface area (Å²) in [5, 5.41) is 4.68. The Bertz CT molecular complexity index is 242. The maximum absolute atomic E-state index is 12.5. The second kappa shape index (κ2) is 5.47. The van der Waals surface area contributed by atoms with Crippen molar-refractivity contribution in [3.8, 4) is 0 Å². The van der Waals surface area contributed by atoms with E-state index in [-0.39, 0.29) is 0 Å². The Hall–Kier alpha value is -0.850. The third-order valence-electron chi connectivity index (χ3n) is 2.44. The van der Waals surface area contributed by atoms with Gasteiger partial charge in [-0.3, -0.25) is 4.79 Å². The number of carbonyl (C=O) groups is 1. The molecule has 0 aliphatic carbocycles. The van der Waals surface area contributed by atoms with E-state index in [0.29, 0.717) is 13.0 Å². The predicted octanol–water partition coefficient (Wildman–Crippen LogP) is 1.15. The van der Waals surface area contributed by atoms with E-state index < -0.39 is 30.8 Å². The fraction of sp³-hybridized carbons (Fsp3) is 0.889. The molecule has 1 aliphatic rings. The zero-order valence-electron chi connectivity index (χ0n) is 8.61. The first-order valence-electron chi connectivity index (χ1n) is 5.10. The van der Waals surface area contributed by atoms with Crippen LogP contribution in [0.5, 0.6) is 0 Å². The number of halogens is 4. The summed E-state index contributed by atoms with van der Waals surface area (Å²) in [5.74, 6) is -4.80. The van der Waals surface area contributed by atoms with Gasteiger partial charge in [0.05, 0.1) is 12.6 Å². The summed E-state index contributed by atoms with van der Waals surface area (Å²) in [5.41, 5.74) is 0. The van der Waals surface area contributed by atoms with Gasteiger partial charge in [-0.2, -0.15) is 8.78 Å². The van der Waals surface area contributed by atoms with Gasteiger partial charge < -0.3 is 10.6 Å². The van der Waals surface area contributed by atoms with Crippen LogP contribution in [0.25, 0.3) is 0 Å². The van der Waals surface area contributed by atoms with Gasteiger partial charge in [-0.25, -0.2) is 8.78 Å². The molecule has 0 aromatic heterocycles. The van der Waals surface area contributed by atoms with Gasteiger partial charge in [-0.05, 0) is 19.4 Å². The minimum absolute atomic E-state index is 0.540. The van der Waals surface area contributed by atoms with Crippen LogP contribution in [0.3, 0.4) is 0 Å². The van der Waals surface area contributed by atoms with Gasteiger partial charge >= 0.3 is 12.3 Å². The van der Waals surface area contributed by atoms with Crippen LogP contribution in [0.2, 0.25) is 0 Å². The van der Waals surface area contributed by atoms with E-state index in [9.17, 15) is 22.4 Å². The van der Waals surface area contributed by atoms with Crippen molar-refractivity contribution in [2.75, 3.05) is 13.1 Å². The first-order valence-corrected chi connectivity index (χ1v) is 5.10. The topological polar surface area (TPSA) is 41.1 Å². The molecule has 0 aromatic carbocycles. The highest BCUT2D eigenvalue weighted by Crippen LogP contribution is 2.21. The second-order valence-electron chi connectivity index (χ2n) is 3.78. The molecular formula is C9H14F4N2O. The highest BCUT2D eigenvalue weighted by molar-refractivity contribution is 5.81. The Kier molecular flexibility index (Phi) is 4.52. The first-order chi connectivity index (χ1) is 7.43. The number of amides is 1. The highest BCUT2D eigenvalue weighted by Gasteiger charge is 2.41. The smallest absolute Gasteiger partial charge is 0.324 e. The fourth-order valence-electron chi connectivity index (χ4n) is 1.48. The standard InChI is InChI=1S/C9H14F4N2O/c10-8(11)9(12,13)5-15-7(16)6-3-1-2-4-14-6/h6,8,14H,1-5H2,(H,15,16)/t6-/m0/s1. The highest BCUT2D eigenvalue weighted by atomic mass is 19.3. The van der Waals surface area contributed by atoms with E-state index in [1.165, 1.54) is 0 Å². The van der Waals surface area contributed by atoms with Crippen LogP contribution in [0.1, 0.15) is 19.3 Å². The summed E-state index contributed by atoms with van der Waals surface area (Å²) in [4.78, 5) is 11.3. The summed E-state index contributed by atoms with van der Waals surface area (Å²) in [6.45, 7) is -0.676. The Morgan fingerprint density at radius 3 is 2.62 bits per heavy atom. The minimum Gasteiger partial charge on any atom is -0.348 e. The molecule has 1 fully saturated rings. The van der Waals surface area contributed by atoms with Gasteiger partial charge in [-0.15, -0.1) is 0 Å². The Balaban J connectivity index is 2.34. The average Bonchev–Trinajstić information content (AvgIpc) is 2.27. The van der Waals surface area contributed by atoms with Crippen LogP contribution < -0.4 is 10.6 Å². The van der Waals surface area contributed by atoms with Crippen molar-refractivity contribution in [1.29, 1.82) is 0 Å². The van der Waals surface area contributed by atoms with Gasteiger partial charge in [0, 0.05) is 0 Å². The summed E-state index contributed by atoms with van der Waals surface area (Å²) in [6.07, 6.45) is -1.45. The number of rotatable bonds is 4. The lowest BCUT2D eigenvalue weighted by Crippen LogP contribution is -2.50. The largest absolute Gasteiger partial charge is 0.348 e. The molecule has 0 unspecified atom stereocenters. The van der Waals surface area contributed by atoms with Crippen molar-refractivity contribution in [1.82, 2.24) is 10.6 Å². The molecule has 3 nitrogen and oxygen atoms in total. The molecule has 1 amide bonds. The monoisotopic (exact) mass is 242 g/mol. The van der Waals surface area contributed by atoms with Crippen molar-refractivity contribution in [2.45, 2.75) is 37.7 Å². The molecule has 0 saturated carbocycles. The van der Waals surface area contributed by atoms with E-state index in [1.807, 2.05) is 5.32 Å². The van der Waals surface area contributed by atoms with Crippen LogP contribution in [-0.4, -0.2) is 37.4 Å². The Morgan fingerprint density at radius 2 is 2.12 bits per heavy atom. The molecule has 16 heavy (non-hydrogen) atoms. The van der Waals surface area contributed by atoms with Crippen LogP contribution in [0, 0.1) is 0 Å². The van der Waals surface area contributed by atoms with Gasteiger partial charge in [0.15, 0.2) is 0 Å². The quantitative estimate of drug-likeness (QED) is 0.726. The summed E-state index contributed by atoms with van der Waals surface area (Å²) < 4.78 is 48.6. The molecular weight excluding hydrogens is 228 g/mol. The molecule has 0 aromatic rings. The zero-order valence-corrected chi connectivity index (χ0v) is 8.61. The molecule has 1 rings (SSSR count). The van der Waals surface area contributed by atoms with Crippen molar-refractivity contribution < 1.29 is 22.4 Å². The second-order valence-corrected chi connectivity index (χ2v) is 3.78. The molecule has 0 bridgehead atoms. The third-order valence-corrected chi connectivity index (χ3v) is 2.44. The maximum Gasteiger partial charge on any atom is 0.324 e. The van der Waals surface area contributed by atoms with Crippen LogP contribution in [0.15, 0.2) is 0 Å². The fourth-order valence-corrected chi connectivity index (χ4v) is 1.48. The van der Waals surface area contributed by atoms with Gasteiger partial charge in [0.25, 0.3) is 0 Å². The number of hydrogen-bond acceptors (Lipinski definition) is 2. The number of piperidine rings is 1. The number of alkyl halides is 4. The van der Waals surface area contributed by atoms with Gasteiger partial charge in [0.2, 0.25) is 5.91 Å². The van der Waals surface area contributed by atoms with E-state index in [4.69, 9.17) is 0 Å². The predicted molar refractivity (Wildman–Crippen MR) is 49.6 cm³/mol. The molecule has 7 heteroatoms. The van der Waals surface area contributed by atoms with Crippen molar-refractivity contribution in [2.24, 2.45) is 0 Å². The van der Waals surface area contributed by atoms with Crippen LogP contribution in [-0.2, 0) is 4.79 Å². The molecule has 94 valence electrons. The first kappa shape index (κ1) is 13.2. The lowest BCUT2D eigenvalue weighted by atomic mass is 10.0. The van der Waals surface area contributed by atoms with E-state index in [1.54, 1.807) is 0 Å². The average molecular weight is 242 g/mol. The molecule has 1 atom stereocenters. The molecule has 2 N–H and O–H groups in total. The van der Waals surface area contributed by atoms with Crippen molar-refractivity contribution in [3.63, 3.8) is 0 Å². The van der Waals surface area contributed by atoms with Crippen LogP contribution in [0.4, 0.5) is 17.6 Å².